The van der Waals surface area contributed by atoms with Crippen LogP contribution in [0, 0.1) is 5.92 Å². The summed E-state index contributed by atoms with van der Waals surface area (Å²) in [5, 5.41) is 10.8. The molecule has 6 nitrogen and oxygen atoms in total. The molecule has 0 spiro atoms. The summed E-state index contributed by atoms with van der Waals surface area (Å²) in [7, 11) is 0. The Balaban J connectivity index is 1.84. The van der Waals surface area contributed by atoms with Gasteiger partial charge in [0.25, 0.3) is 0 Å². The number of fused-ring (bicyclic) bond motifs is 1. The van der Waals surface area contributed by atoms with E-state index >= 15 is 0 Å². The molecule has 24 heavy (non-hydrogen) atoms. The number of carbonyl (C=O) groups is 2. The van der Waals surface area contributed by atoms with Crippen LogP contribution < -0.4 is 5.32 Å². The largest absolute Gasteiger partial charge is 0.326 e. The van der Waals surface area contributed by atoms with Crippen molar-refractivity contribution in [3.8, 4) is 0 Å². The number of anilines is 1. The number of carbonyl (C=O) groups excluding carboxylic acids is 2. The Morgan fingerprint density at radius 3 is 2.75 bits per heavy atom. The second-order valence-electron chi connectivity index (χ2n) is 6.34. The van der Waals surface area contributed by atoms with Gasteiger partial charge in [0.1, 0.15) is 11.6 Å². The fourth-order valence-corrected chi connectivity index (χ4v) is 3.35. The Bertz CT molecular complexity index is 730. The Labute approximate surface area is 144 Å². The van der Waals surface area contributed by atoms with Gasteiger partial charge in [-0.15, -0.1) is 10.2 Å². The molecule has 0 aliphatic carbocycles. The SMILES string of the molecule is CC(C)CC(=O)N1Cc2ccccc2C[C@@H]1C(=O)Nc1nncs1. The van der Waals surface area contributed by atoms with Crippen LogP contribution in [-0.2, 0) is 22.6 Å². The van der Waals surface area contributed by atoms with Crippen LogP contribution in [0.15, 0.2) is 29.8 Å². The number of hydrogen-bond acceptors (Lipinski definition) is 5. The van der Waals surface area contributed by atoms with E-state index < -0.39 is 6.04 Å². The van der Waals surface area contributed by atoms with E-state index in [0.29, 0.717) is 24.5 Å². The van der Waals surface area contributed by atoms with Crippen molar-refractivity contribution < 1.29 is 9.59 Å². The van der Waals surface area contributed by atoms with Crippen molar-refractivity contribution >= 4 is 28.3 Å². The van der Waals surface area contributed by atoms with Crippen LogP contribution in [0.3, 0.4) is 0 Å². The summed E-state index contributed by atoms with van der Waals surface area (Å²) in [6.45, 7) is 4.48. The van der Waals surface area contributed by atoms with Crippen LogP contribution in [0.1, 0.15) is 31.4 Å². The van der Waals surface area contributed by atoms with Gasteiger partial charge in [-0.1, -0.05) is 49.4 Å². The molecule has 1 aromatic carbocycles. The minimum atomic E-state index is -0.518. The van der Waals surface area contributed by atoms with E-state index in [1.54, 1.807) is 10.4 Å². The number of rotatable bonds is 4. The van der Waals surface area contributed by atoms with Crippen LogP contribution in [0.5, 0.6) is 0 Å². The molecule has 0 bridgehead atoms. The highest BCUT2D eigenvalue weighted by atomic mass is 32.1. The molecule has 1 aliphatic rings. The lowest BCUT2D eigenvalue weighted by Crippen LogP contribution is -2.50. The van der Waals surface area contributed by atoms with Crippen molar-refractivity contribution in [3.05, 3.63) is 40.9 Å². The molecule has 1 N–H and O–H groups in total. The minimum Gasteiger partial charge on any atom is -0.326 e. The van der Waals surface area contributed by atoms with Gasteiger partial charge >= 0.3 is 0 Å². The standard InChI is InChI=1S/C17H20N4O2S/c1-11(2)7-15(22)21-9-13-6-4-3-5-12(13)8-14(21)16(23)19-17-20-18-10-24-17/h3-6,10-11,14H,7-9H2,1-2H3,(H,19,20,23)/t14-/m1/s1. The topological polar surface area (TPSA) is 75.2 Å². The summed E-state index contributed by atoms with van der Waals surface area (Å²) < 4.78 is 0. The third kappa shape index (κ3) is 3.62. The first-order valence-electron chi connectivity index (χ1n) is 7.98. The maximum atomic E-state index is 12.7. The zero-order valence-electron chi connectivity index (χ0n) is 13.7. The maximum absolute atomic E-state index is 12.7. The van der Waals surface area contributed by atoms with Crippen molar-refractivity contribution in [2.75, 3.05) is 5.32 Å². The Morgan fingerprint density at radius 1 is 1.33 bits per heavy atom. The Morgan fingerprint density at radius 2 is 2.08 bits per heavy atom. The van der Waals surface area contributed by atoms with Gasteiger partial charge in [-0.3, -0.25) is 14.9 Å². The molecule has 1 atom stereocenters. The Kier molecular flexibility index (Phi) is 4.89. The molecular formula is C17H20N4O2S. The van der Waals surface area contributed by atoms with Crippen LogP contribution in [0.4, 0.5) is 5.13 Å². The van der Waals surface area contributed by atoms with Gasteiger partial charge in [0.05, 0.1) is 0 Å². The lowest BCUT2D eigenvalue weighted by atomic mass is 9.92. The molecule has 126 valence electrons. The van der Waals surface area contributed by atoms with E-state index in [1.807, 2.05) is 38.1 Å². The highest BCUT2D eigenvalue weighted by Crippen LogP contribution is 2.25. The van der Waals surface area contributed by atoms with Crippen molar-refractivity contribution in [2.45, 2.75) is 39.3 Å². The average molecular weight is 344 g/mol. The van der Waals surface area contributed by atoms with Gasteiger partial charge < -0.3 is 4.90 Å². The van der Waals surface area contributed by atoms with Crippen molar-refractivity contribution in [2.24, 2.45) is 5.92 Å². The van der Waals surface area contributed by atoms with Crippen LogP contribution >= 0.6 is 11.3 Å². The zero-order chi connectivity index (χ0) is 17.1. The van der Waals surface area contributed by atoms with E-state index in [4.69, 9.17) is 0 Å². The first-order chi connectivity index (χ1) is 11.5. The van der Waals surface area contributed by atoms with Crippen molar-refractivity contribution in [1.29, 1.82) is 0 Å². The minimum absolute atomic E-state index is 0.0110. The molecule has 0 saturated heterocycles. The summed E-state index contributed by atoms with van der Waals surface area (Å²) in [4.78, 5) is 27.1. The van der Waals surface area contributed by atoms with Gasteiger partial charge in [-0.2, -0.15) is 0 Å². The second kappa shape index (κ2) is 7.09. The molecule has 2 amide bonds. The molecule has 0 radical (unpaired) electrons. The third-order valence-corrected chi connectivity index (χ3v) is 4.65. The van der Waals surface area contributed by atoms with E-state index in [9.17, 15) is 9.59 Å². The first-order valence-corrected chi connectivity index (χ1v) is 8.86. The van der Waals surface area contributed by atoms with Crippen molar-refractivity contribution in [1.82, 2.24) is 15.1 Å². The van der Waals surface area contributed by atoms with Gasteiger partial charge in [0.15, 0.2) is 0 Å². The van der Waals surface area contributed by atoms with Crippen LogP contribution in [0.2, 0.25) is 0 Å². The summed E-state index contributed by atoms with van der Waals surface area (Å²) in [6.07, 6.45) is 0.954. The molecule has 0 fully saturated rings. The van der Waals surface area contributed by atoms with E-state index in [1.165, 1.54) is 11.3 Å². The van der Waals surface area contributed by atoms with Crippen LogP contribution in [0.25, 0.3) is 0 Å². The summed E-state index contributed by atoms with van der Waals surface area (Å²) >= 11 is 1.26. The van der Waals surface area contributed by atoms with Crippen molar-refractivity contribution in [3.63, 3.8) is 0 Å². The first kappa shape index (κ1) is 16.6. The molecule has 2 heterocycles. The summed E-state index contributed by atoms with van der Waals surface area (Å²) in [5.41, 5.74) is 3.78. The lowest BCUT2D eigenvalue weighted by molar-refractivity contribution is -0.140. The predicted molar refractivity (Wildman–Crippen MR) is 92.5 cm³/mol. The molecule has 1 aromatic heterocycles. The molecule has 3 rings (SSSR count). The van der Waals surface area contributed by atoms with Gasteiger partial charge in [0, 0.05) is 19.4 Å². The fraction of sp³-hybridized carbons (Fsp3) is 0.412. The smallest absolute Gasteiger partial charge is 0.249 e. The monoisotopic (exact) mass is 344 g/mol. The van der Waals surface area contributed by atoms with Gasteiger partial charge in [-0.05, 0) is 17.0 Å². The average Bonchev–Trinajstić information content (AvgIpc) is 3.05. The molecule has 0 saturated carbocycles. The third-order valence-electron chi connectivity index (χ3n) is 4.04. The predicted octanol–water partition coefficient (Wildman–Crippen LogP) is 2.48. The lowest BCUT2D eigenvalue weighted by Gasteiger charge is -2.36. The zero-order valence-corrected chi connectivity index (χ0v) is 14.5. The summed E-state index contributed by atoms with van der Waals surface area (Å²) in [5.74, 6) is 0.0526. The summed E-state index contributed by atoms with van der Waals surface area (Å²) in [6, 6.07) is 7.44. The van der Waals surface area contributed by atoms with Crippen LogP contribution in [-0.4, -0.2) is 33.0 Å². The van der Waals surface area contributed by atoms with Gasteiger partial charge in [-0.25, -0.2) is 0 Å². The number of nitrogens with zero attached hydrogens (tertiary/aromatic N) is 3. The number of aromatic nitrogens is 2. The number of benzene rings is 1. The van der Waals surface area contributed by atoms with E-state index in [-0.39, 0.29) is 17.7 Å². The van der Waals surface area contributed by atoms with E-state index in [2.05, 4.69) is 15.5 Å². The maximum Gasteiger partial charge on any atom is 0.249 e. The molecule has 7 heteroatoms. The number of nitrogens with one attached hydrogen (secondary N) is 1. The quantitative estimate of drug-likeness (QED) is 0.924. The molecule has 0 unspecified atom stereocenters. The number of amides is 2. The molecular weight excluding hydrogens is 324 g/mol. The second-order valence-corrected chi connectivity index (χ2v) is 7.17. The van der Waals surface area contributed by atoms with Gasteiger partial charge in [0.2, 0.25) is 16.9 Å². The molecule has 2 aromatic rings. The number of hydrogen-bond donors (Lipinski definition) is 1. The highest BCUT2D eigenvalue weighted by molar-refractivity contribution is 7.13. The fourth-order valence-electron chi connectivity index (χ4n) is 2.90. The highest BCUT2D eigenvalue weighted by Gasteiger charge is 2.34. The van der Waals surface area contributed by atoms with E-state index in [0.717, 1.165) is 11.1 Å². The molecule has 1 aliphatic heterocycles. The Hall–Kier alpha value is -2.28. The normalized spacial score (nSPS) is 16.8.